The van der Waals surface area contributed by atoms with Crippen LogP contribution in [-0.4, -0.2) is 0 Å². The van der Waals surface area contributed by atoms with Crippen molar-refractivity contribution in [3.8, 4) is 22.3 Å². The summed E-state index contributed by atoms with van der Waals surface area (Å²) in [5.74, 6) is 0. The van der Waals surface area contributed by atoms with Crippen molar-refractivity contribution < 1.29 is 4.42 Å². The highest BCUT2D eigenvalue weighted by Gasteiger charge is 2.43. The van der Waals surface area contributed by atoms with Crippen LogP contribution in [0.2, 0.25) is 0 Å². The number of hydrogen-bond donors (Lipinski definition) is 0. The maximum absolute atomic E-state index is 6.97. The fraction of sp³-hybridized carbons (Fsp3) is 0.0417. The Morgan fingerprint density at radius 2 is 1.04 bits per heavy atom. The Hall–Kier alpha value is -6.38. The summed E-state index contributed by atoms with van der Waals surface area (Å²) in [4.78, 5) is 2.43. The van der Waals surface area contributed by atoms with Gasteiger partial charge in [0.1, 0.15) is 5.58 Å². The highest BCUT2D eigenvalue weighted by molar-refractivity contribution is 6.12. The van der Waals surface area contributed by atoms with E-state index in [1.54, 1.807) is 0 Å². The second-order valence-electron chi connectivity index (χ2n) is 13.4. The van der Waals surface area contributed by atoms with Gasteiger partial charge in [0, 0.05) is 27.6 Å². The first kappa shape index (κ1) is 28.6. The van der Waals surface area contributed by atoms with E-state index in [-0.39, 0.29) is 0 Å². The second-order valence-corrected chi connectivity index (χ2v) is 13.4. The van der Waals surface area contributed by atoms with Gasteiger partial charge in [-0.15, -0.1) is 0 Å². The van der Waals surface area contributed by atoms with E-state index in [1.807, 2.05) is 0 Å². The van der Waals surface area contributed by atoms with Gasteiger partial charge >= 0.3 is 0 Å². The summed E-state index contributed by atoms with van der Waals surface area (Å²) in [5, 5.41) is 4.63. The van der Waals surface area contributed by atoms with E-state index < -0.39 is 5.41 Å². The third kappa shape index (κ3) is 4.22. The number of fused-ring (bicyclic) bond motifs is 7. The zero-order valence-electron chi connectivity index (χ0n) is 27.7. The topological polar surface area (TPSA) is 16.4 Å². The molecule has 0 saturated heterocycles. The van der Waals surface area contributed by atoms with Crippen molar-refractivity contribution in [3.05, 3.63) is 199 Å². The van der Waals surface area contributed by atoms with Crippen LogP contribution in [0.25, 0.3) is 55.0 Å². The Labute approximate surface area is 291 Å². The summed E-state index contributed by atoms with van der Waals surface area (Å²) < 4.78 is 6.97. The van der Waals surface area contributed by atoms with E-state index >= 15 is 0 Å². The van der Waals surface area contributed by atoms with Gasteiger partial charge < -0.3 is 9.32 Å². The molecule has 0 atom stereocenters. The Balaban J connectivity index is 1.32. The van der Waals surface area contributed by atoms with Crippen LogP contribution >= 0.6 is 0 Å². The molecule has 0 bridgehead atoms. The van der Waals surface area contributed by atoms with Crippen molar-refractivity contribution in [2.24, 2.45) is 0 Å². The van der Waals surface area contributed by atoms with Crippen molar-refractivity contribution in [1.29, 1.82) is 0 Å². The molecule has 0 aliphatic heterocycles. The van der Waals surface area contributed by atoms with Crippen LogP contribution in [0.3, 0.4) is 0 Å². The molecule has 1 aliphatic rings. The van der Waals surface area contributed by atoms with Crippen molar-refractivity contribution >= 4 is 49.8 Å². The van der Waals surface area contributed by atoms with E-state index in [0.717, 1.165) is 39.0 Å². The van der Waals surface area contributed by atoms with Crippen molar-refractivity contribution in [2.45, 2.75) is 12.3 Å². The van der Waals surface area contributed by atoms with Crippen molar-refractivity contribution in [1.82, 2.24) is 0 Å². The van der Waals surface area contributed by atoms with E-state index in [1.165, 1.54) is 49.7 Å². The monoisotopic (exact) mass is 639 g/mol. The largest absolute Gasteiger partial charge is 0.454 e. The van der Waals surface area contributed by atoms with Crippen LogP contribution in [0, 0.1) is 0 Å². The Bertz CT molecular complexity index is 2670. The lowest BCUT2D eigenvalue weighted by atomic mass is 9.73. The predicted octanol–water partition coefficient (Wildman–Crippen LogP) is 13.2. The molecule has 236 valence electrons. The summed E-state index contributed by atoms with van der Waals surface area (Å²) in [6, 6.07) is 65.7. The Kier molecular flexibility index (Phi) is 6.34. The third-order valence-electron chi connectivity index (χ3n) is 10.7. The molecule has 0 saturated carbocycles. The number of benzene rings is 8. The molecule has 10 rings (SSSR count). The number of nitrogens with zero attached hydrogens (tertiary/aromatic N) is 1. The summed E-state index contributed by atoms with van der Waals surface area (Å²) in [7, 11) is 0. The van der Waals surface area contributed by atoms with E-state index in [4.69, 9.17) is 4.42 Å². The number of furan rings is 1. The van der Waals surface area contributed by atoms with Gasteiger partial charge in [-0.2, -0.15) is 0 Å². The molecule has 1 aromatic heterocycles. The van der Waals surface area contributed by atoms with Gasteiger partial charge in [0.05, 0.1) is 5.69 Å². The van der Waals surface area contributed by atoms with Gasteiger partial charge in [0.25, 0.3) is 0 Å². The lowest BCUT2D eigenvalue weighted by Crippen LogP contribution is -2.26. The van der Waals surface area contributed by atoms with Gasteiger partial charge in [-0.3, -0.25) is 0 Å². The average molecular weight is 640 g/mol. The number of rotatable bonds is 5. The first-order valence-corrected chi connectivity index (χ1v) is 17.3. The van der Waals surface area contributed by atoms with Gasteiger partial charge in [-0.05, 0) is 87.0 Å². The molecule has 0 N–H and O–H groups in total. The summed E-state index contributed by atoms with van der Waals surface area (Å²) in [6.07, 6.45) is 0. The van der Waals surface area contributed by atoms with E-state index in [9.17, 15) is 0 Å². The summed E-state index contributed by atoms with van der Waals surface area (Å²) in [6.45, 7) is 2.39. The van der Waals surface area contributed by atoms with Crippen LogP contribution in [0.1, 0.15) is 23.6 Å². The molecule has 2 nitrogen and oxygen atoms in total. The zero-order valence-corrected chi connectivity index (χ0v) is 27.7. The van der Waals surface area contributed by atoms with Crippen molar-refractivity contribution in [2.75, 3.05) is 4.90 Å². The molecule has 1 aliphatic carbocycles. The predicted molar refractivity (Wildman–Crippen MR) is 209 cm³/mol. The molecule has 0 fully saturated rings. The molecule has 9 aromatic rings. The molecule has 50 heavy (non-hydrogen) atoms. The smallest absolute Gasteiger partial charge is 0.159 e. The highest BCUT2D eigenvalue weighted by Crippen LogP contribution is 2.57. The number of para-hydroxylation sites is 1. The SMILES string of the molecule is CC1(c2ccc3c(oc4ccccc43)c2N(c2ccc(-c3ccccc3)cc2)c2ccc3ccccc3c2)c2ccccc2-c2ccccc21. The zero-order chi connectivity index (χ0) is 33.2. The van der Waals surface area contributed by atoms with Crippen LogP contribution in [-0.2, 0) is 5.41 Å². The van der Waals surface area contributed by atoms with Crippen LogP contribution in [0.15, 0.2) is 186 Å². The first-order valence-electron chi connectivity index (χ1n) is 17.3. The molecule has 2 heteroatoms. The molecular weight excluding hydrogens is 607 g/mol. The van der Waals surface area contributed by atoms with Gasteiger partial charge in [-0.1, -0.05) is 152 Å². The summed E-state index contributed by atoms with van der Waals surface area (Å²) in [5.41, 5.74) is 13.3. The van der Waals surface area contributed by atoms with Crippen LogP contribution in [0.5, 0.6) is 0 Å². The molecule has 0 spiro atoms. The normalized spacial score (nSPS) is 13.1. The quantitative estimate of drug-likeness (QED) is 0.186. The fourth-order valence-electron chi connectivity index (χ4n) is 8.30. The van der Waals surface area contributed by atoms with Crippen molar-refractivity contribution in [3.63, 3.8) is 0 Å². The molecule has 0 unspecified atom stereocenters. The summed E-state index contributed by atoms with van der Waals surface area (Å²) >= 11 is 0. The number of anilines is 3. The third-order valence-corrected chi connectivity index (χ3v) is 10.7. The first-order chi connectivity index (χ1) is 24.7. The molecular formula is C48H33NO. The van der Waals surface area contributed by atoms with Crippen LogP contribution < -0.4 is 4.90 Å². The molecule has 8 aromatic carbocycles. The maximum atomic E-state index is 6.97. The van der Waals surface area contributed by atoms with E-state index in [2.05, 4.69) is 194 Å². The molecule has 1 heterocycles. The minimum absolute atomic E-state index is 0.450. The Morgan fingerprint density at radius 1 is 0.440 bits per heavy atom. The van der Waals surface area contributed by atoms with Crippen LogP contribution in [0.4, 0.5) is 17.1 Å². The minimum atomic E-state index is -0.450. The lowest BCUT2D eigenvalue weighted by molar-refractivity contribution is 0.662. The number of hydrogen-bond acceptors (Lipinski definition) is 2. The fourth-order valence-corrected chi connectivity index (χ4v) is 8.30. The average Bonchev–Trinajstić information content (AvgIpc) is 3.69. The lowest BCUT2D eigenvalue weighted by Gasteiger charge is -2.35. The van der Waals surface area contributed by atoms with Gasteiger partial charge in [0.15, 0.2) is 5.58 Å². The molecule has 0 radical (unpaired) electrons. The van der Waals surface area contributed by atoms with E-state index in [0.29, 0.717) is 0 Å². The highest BCUT2D eigenvalue weighted by atomic mass is 16.3. The Morgan fingerprint density at radius 3 is 1.80 bits per heavy atom. The second kappa shape index (κ2) is 11.1. The minimum Gasteiger partial charge on any atom is -0.454 e. The van der Waals surface area contributed by atoms with Gasteiger partial charge in [-0.25, -0.2) is 0 Å². The standard InChI is InChI=1S/C48H33NO/c1-48(42-20-10-7-17-38(42)39-18-8-11-21-43(39)48)44-30-29-41-40-19-9-12-22-45(40)50-47(41)46(44)49(37-28-25-33-15-5-6-16-35(33)31-37)36-26-23-34(24-27-36)32-13-3-2-4-14-32/h2-31H,1H3. The maximum Gasteiger partial charge on any atom is 0.159 e. The van der Waals surface area contributed by atoms with Gasteiger partial charge in [0.2, 0.25) is 0 Å². The molecule has 0 amide bonds.